The molecule has 3 nitrogen and oxygen atoms in total. The van der Waals surface area contributed by atoms with Gasteiger partial charge in [0.05, 0.1) is 16.6 Å². The maximum atomic E-state index is 12.1. The summed E-state index contributed by atoms with van der Waals surface area (Å²) in [6.07, 6.45) is 0. The van der Waals surface area contributed by atoms with Gasteiger partial charge in [-0.1, -0.05) is 29.3 Å². The molecule has 0 fully saturated rings. The van der Waals surface area contributed by atoms with E-state index in [1.807, 2.05) is 0 Å². The monoisotopic (exact) mass is 295 g/mol. The molecule has 0 aliphatic carbocycles. The number of benzene rings is 1. The highest BCUT2D eigenvalue weighted by molar-refractivity contribution is 6.42. The summed E-state index contributed by atoms with van der Waals surface area (Å²) in [5.41, 5.74) is 0.971. The maximum absolute atomic E-state index is 12.1. The van der Waals surface area contributed by atoms with Crippen LogP contribution in [0.1, 0.15) is 16.1 Å². The predicted molar refractivity (Wildman–Crippen MR) is 76.2 cm³/mol. The number of aryl methyl sites for hydroxylation is 1. The van der Waals surface area contributed by atoms with E-state index in [0.717, 1.165) is 5.69 Å². The second-order valence-corrected chi connectivity index (χ2v) is 4.96. The van der Waals surface area contributed by atoms with Crippen LogP contribution in [0.2, 0.25) is 10.0 Å². The van der Waals surface area contributed by atoms with Crippen molar-refractivity contribution in [2.75, 3.05) is 0 Å². The van der Waals surface area contributed by atoms with E-state index in [0.29, 0.717) is 15.6 Å². The lowest BCUT2D eigenvalue weighted by Gasteiger charge is -2.08. The third-order valence-corrected chi connectivity index (χ3v) is 3.55. The largest absolute Gasteiger partial charge is 0.305 e. The summed E-state index contributed by atoms with van der Waals surface area (Å²) >= 11 is 11.7. The fraction of sp³-hybridized carbons (Fsp3) is 0.143. The van der Waals surface area contributed by atoms with Crippen LogP contribution in [0, 0.1) is 6.92 Å². The Morgan fingerprint density at radius 1 is 1.16 bits per heavy atom. The van der Waals surface area contributed by atoms with E-state index in [1.54, 1.807) is 31.2 Å². The fourth-order valence-corrected chi connectivity index (χ4v) is 2.03. The van der Waals surface area contributed by atoms with Crippen LogP contribution >= 0.6 is 23.2 Å². The van der Waals surface area contributed by atoms with Gasteiger partial charge >= 0.3 is 0 Å². The number of hydrogen-bond donors (Lipinski definition) is 0. The second-order valence-electron chi connectivity index (χ2n) is 4.14. The lowest BCUT2D eigenvalue weighted by atomic mass is 10.1. The average molecular weight is 296 g/mol. The molecule has 0 unspecified atom stereocenters. The molecule has 1 aromatic heterocycles. The fourth-order valence-electron chi connectivity index (χ4n) is 1.73. The van der Waals surface area contributed by atoms with E-state index >= 15 is 0 Å². The molecular formula is C14H11Cl2NO2. The number of carbonyl (C=O) groups excluding carboxylic acids is 1. The van der Waals surface area contributed by atoms with E-state index in [1.165, 1.54) is 16.7 Å². The number of hydrogen-bond acceptors (Lipinski definition) is 2. The van der Waals surface area contributed by atoms with Gasteiger partial charge < -0.3 is 4.57 Å². The minimum atomic E-state index is -0.201. The highest BCUT2D eigenvalue weighted by Gasteiger charge is 2.10. The molecule has 19 heavy (non-hydrogen) atoms. The Kier molecular flexibility index (Phi) is 4.08. The van der Waals surface area contributed by atoms with Gasteiger partial charge in [0.1, 0.15) is 0 Å². The number of halogens is 2. The number of pyridine rings is 1. The first-order valence-electron chi connectivity index (χ1n) is 5.64. The van der Waals surface area contributed by atoms with Crippen molar-refractivity contribution in [1.82, 2.24) is 4.57 Å². The van der Waals surface area contributed by atoms with Crippen molar-refractivity contribution >= 4 is 29.0 Å². The highest BCUT2D eigenvalue weighted by Crippen LogP contribution is 2.22. The van der Waals surface area contributed by atoms with Crippen LogP contribution < -0.4 is 5.56 Å². The molecule has 1 aromatic carbocycles. The minimum Gasteiger partial charge on any atom is -0.305 e. The van der Waals surface area contributed by atoms with Crippen LogP contribution in [0.25, 0.3) is 0 Å². The van der Waals surface area contributed by atoms with Gasteiger partial charge in [0.2, 0.25) is 0 Å². The molecule has 2 rings (SSSR count). The molecule has 0 aliphatic heterocycles. The summed E-state index contributed by atoms with van der Waals surface area (Å²) in [6.45, 7) is 1.77. The number of ketones is 1. The molecule has 0 amide bonds. The zero-order valence-electron chi connectivity index (χ0n) is 10.2. The standard InChI is InChI=1S/C14H11Cl2NO2/c1-9-3-2-4-14(19)17(9)8-13(18)10-5-6-11(15)12(16)7-10/h2-7H,8H2,1H3. The van der Waals surface area contributed by atoms with Crippen LogP contribution in [0.5, 0.6) is 0 Å². The summed E-state index contributed by atoms with van der Waals surface area (Å²) in [4.78, 5) is 23.8. The van der Waals surface area contributed by atoms with Gasteiger partial charge in [-0.25, -0.2) is 0 Å². The zero-order valence-corrected chi connectivity index (χ0v) is 11.7. The first kappa shape index (κ1) is 13.8. The van der Waals surface area contributed by atoms with Crippen molar-refractivity contribution in [3.05, 3.63) is 68.1 Å². The molecule has 0 radical (unpaired) electrons. The Morgan fingerprint density at radius 2 is 1.89 bits per heavy atom. The van der Waals surface area contributed by atoms with Crippen LogP contribution in [-0.4, -0.2) is 10.4 Å². The Hall–Kier alpha value is -1.58. The Bertz CT molecular complexity index is 692. The summed E-state index contributed by atoms with van der Waals surface area (Å²) in [6, 6.07) is 9.55. The number of carbonyl (C=O) groups is 1. The summed E-state index contributed by atoms with van der Waals surface area (Å²) in [5, 5.41) is 0.718. The van der Waals surface area contributed by atoms with Gasteiger partial charge in [0.15, 0.2) is 5.78 Å². The Morgan fingerprint density at radius 3 is 2.53 bits per heavy atom. The third-order valence-electron chi connectivity index (χ3n) is 2.81. The molecular weight excluding hydrogens is 285 g/mol. The van der Waals surface area contributed by atoms with Gasteiger partial charge in [-0.3, -0.25) is 9.59 Å². The number of aromatic nitrogens is 1. The first-order valence-corrected chi connectivity index (χ1v) is 6.39. The molecule has 0 atom stereocenters. The smallest absolute Gasteiger partial charge is 0.251 e. The molecule has 0 aliphatic rings. The molecule has 0 bridgehead atoms. The lowest BCUT2D eigenvalue weighted by Crippen LogP contribution is -2.25. The molecule has 1 heterocycles. The normalized spacial score (nSPS) is 10.5. The number of nitrogens with zero attached hydrogens (tertiary/aromatic N) is 1. The van der Waals surface area contributed by atoms with Crippen molar-refractivity contribution in [3.63, 3.8) is 0 Å². The SMILES string of the molecule is Cc1cccc(=O)n1CC(=O)c1ccc(Cl)c(Cl)c1. The maximum Gasteiger partial charge on any atom is 0.251 e. The van der Waals surface area contributed by atoms with Crippen molar-refractivity contribution < 1.29 is 4.79 Å². The van der Waals surface area contributed by atoms with Gasteiger partial charge in [0, 0.05) is 17.3 Å². The summed E-state index contributed by atoms with van der Waals surface area (Å²) in [7, 11) is 0. The molecule has 0 saturated carbocycles. The molecule has 0 spiro atoms. The van der Waals surface area contributed by atoms with Crippen LogP contribution in [-0.2, 0) is 6.54 Å². The van der Waals surface area contributed by atoms with Crippen LogP contribution in [0.3, 0.4) is 0 Å². The van der Waals surface area contributed by atoms with Crippen molar-refractivity contribution in [2.24, 2.45) is 0 Å². The second kappa shape index (κ2) is 5.59. The predicted octanol–water partition coefficient (Wildman–Crippen LogP) is 3.35. The lowest BCUT2D eigenvalue weighted by molar-refractivity contribution is 0.0970. The molecule has 0 N–H and O–H groups in total. The highest BCUT2D eigenvalue weighted by atomic mass is 35.5. The van der Waals surface area contributed by atoms with E-state index in [9.17, 15) is 9.59 Å². The molecule has 5 heteroatoms. The average Bonchev–Trinajstić information content (AvgIpc) is 2.37. The third kappa shape index (κ3) is 3.06. The molecule has 98 valence electrons. The van der Waals surface area contributed by atoms with Crippen LogP contribution in [0.4, 0.5) is 0 Å². The number of Topliss-reactive ketones (excluding diaryl/α,β-unsaturated/α-hetero) is 1. The zero-order chi connectivity index (χ0) is 14.0. The van der Waals surface area contributed by atoms with Crippen molar-refractivity contribution in [3.8, 4) is 0 Å². The first-order chi connectivity index (χ1) is 8.99. The van der Waals surface area contributed by atoms with Gasteiger partial charge in [-0.15, -0.1) is 0 Å². The van der Waals surface area contributed by atoms with E-state index in [2.05, 4.69) is 0 Å². The van der Waals surface area contributed by atoms with Crippen molar-refractivity contribution in [2.45, 2.75) is 13.5 Å². The number of rotatable bonds is 3. The van der Waals surface area contributed by atoms with E-state index < -0.39 is 0 Å². The van der Waals surface area contributed by atoms with Gasteiger partial charge in [-0.05, 0) is 31.2 Å². The van der Waals surface area contributed by atoms with Crippen molar-refractivity contribution in [1.29, 1.82) is 0 Å². The Balaban J connectivity index is 2.31. The molecule has 0 saturated heterocycles. The van der Waals surface area contributed by atoms with Gasteiger partial charge in [-0.2, -0.15) is 0 Å². The van der Waals surface area contributed by atoms with Gasteiger partial charge in [0.25, 0.3) is 5.56 Å². The minimum absolute atomic E-state index is 0.0104. The molecule has 2 aromatic rings. The van der Waals surface area contributed by atoms with E-state index in [4.69, 9.17) is 23.2 Å². The van der Waals surface area contributed by atoms with E-state index in [-0.39, 0.29) is 17.9 Å². The Labute approximate surface area is 120 Å². The topological polar surface area (TPSA) is 39.1 Å². The quantitative estimate of drug-likeness (QED) is 0.815. The van der Waals surface area contributed by atoms with Crippen LogP contribution in [0.15, 0.2) is 41.2 Å². The summed E-state index contributed by atoms with van der Waals surface area (Å²) in [5.74, 6) is -0.185. The summed E-state index contributed by atoms with van der Waals surface area (Å²) < 4.78 is 1.42.